The molecule has 16 heavy (non-hydrogen) atoms. The van der Waals surface area contributed by atoms with Gasteiger partial charge < -0.3 is 15.4 Å². The molecule has 2 N–H and O–H groups in total. The van der Waals surface area contributed by atoms with E-state index in [4.69, 9.17) is 0 Å². The zero-order valence-corrected chi connectivity index (χ0v) is 10.6. The van der Waals surface area contributed by atoms with Crippen LogP contribution in [0.4, 0.5) is 0 Å². The fourth-order valence-corrected chi connectivity index (χ4v) is 1.29. The molecule has 1 amide bonds. The Kier molecular flexibility index (Phi) is 5.75. The molecule has 0 unspecified atom stereocenters. The van der Waals surface area contributed by atoms with E-state index in [-0.39, 0.29) is 30.3 Å². The second kappa shape index (κ2) is 6.06. The number of rotatable bonds is 4. The molecular weight excluding hydrogens is 232 g/mol. The van der Waals surface area contributed by atoms with E-state index in [9.17, 15) is 9.59 Å². The largest absolute Gasteiger partial charge is 0.469 e. The highest BCUT2D eigenvalue weighted by Gasteiger charge is 2.31. The summed E-state index contributed by atoms with van der Waals surface area (Å²) in [5, 5.41) is 5.73. The van der Waals surface area contributed by atoms with E-state index < -0.39 is 5.41 Å². The first-order valence-electron chi connectivity index (χ1n) is 5.07. The van der Waals surface area contributed by atoms with Gasteiger partial charge in [-0.15, -0.1) is 12.4 Å². The second-order valence-corrected chi connectivity index (χ2v) is 4.39. The smallest absolute Gasteiger partial charge is 0.313 e. The van der Waals surface area contributed by atoms with Gasteiger partial charge in [-0.25, -0.2) is 0 Å². The van der Waals surface area contributed by atoms with E-state index in [1.807, 2.05) is 0 Å². The van der Waals surface area contributed by atoms with E-state index >= 15 is 0 Å². The lowest BCUT2D eigenvalue weighted by Gasteiger charge is -2.28. The van der Waals surface area contributed by atoms with Crippen LogP contribution in [0.1, 0.15) is 20.3 Å². The van der Waals surface area contributed by atoms with Crippen molar-refractivity contribution in [3.8, 4) is 0 Å². The SMILES string of the molecule is COC(=O)C(C)(C)CNC(=O)[C@H]1CCN1.Cl. The maximum Gasteiger partial charge on any atom is 0.313 e. The Morgan fingerprint density at radius 2 is 2.06 bits per heavy atom. The van der Waals surface area contributed by atoms with Gasteiger partial charge in [0.2, 0.25) is 5.91 Å². The fourth-order valence-electron chi connectivity index (χ4n) is 1.29. The summed E-state index contributed by atoms with van der Waals surface area (Å²) in [6.45, 7) is 4.68. The third-order valence-corrected chi connectivity index (χ3v) is 2.58. The Labute approximate surface area is 102 Å². The van der Waals surface area contributed by atoms with Crippen molar-refractivity contribution >= 4 is 24.3 Å². The van der Waals surface area contributed by atoms with Crippen LogP contribution < -0.4 is 10.6 Å². The number of esters is 1. The number of carbonyl (C=O) groups excluding carboxylic acids is 2. The minimum Gasteiger partial charge on any atom is -0.469 e. The zero-order chi connectivity index (χ0) is 11.5. The van der Waals surface area contributed by atoms with Crippen LogP contribution in [0, 0.1) is 5.41 Å². The summed E-state index contributed by atoms with van der Waals surface area (Å²) in [6.07, 6.45) is 0.866. The molecule has 0 aromatic carbocycles. The van der Waals surface area contributed by atoms with Crippen LogP contribution in [-0.2, 0) is 14.3 Å². The predicted molar refractivity (Wildman–Crippen MR) is 62.5 cm³/mol. The van der Waals surface area contributed by atoms with E-state index in [1.165, 1.54) is 7.11 Å². The second-order valence-electron chi connectivity index (χ2n) is 4.39. The maximum absolute atomic E-state index is 11.5. The summed E-state index contributed by atoms with van der Waals surface area (Å²) in [5.41, 5.74) is -0.672. The number of methoxy groups -OCH3 is 1. The Morgan fingerprint density at radius 1 is 1.50 bits per heavy atom. The van der Waals surface area contributed by atoms with Gasteiger partial charge in [0.15, 0.2) is 0 Å². The number of ether oxygens (including phenoxy) is 1. The van der Waals surface area contributed by atoms with E-state index in [0.29, 0.717) is 6.54 Å². The van der Waals surface area contributed by atoms with Crippen LogP contribution in [0.25, 0.3) is 0 Å². The van der Waals surface area contributed by atoms with Gasteiger partial charge in [-0.3, -0.25) is 9.59 Å². The molecule has 0 spiro atoms. The standard InChI is InChI=1S/C10H18N2O3.ClH/c1-10(2,9(14)15-3)6-12-8(13)7-4-5-11-7;/h7,11H,4-6H2,1-3H3,(H,12,13);1H/t7-;/m1./s1. The molecule has 6 heteroatoms. The Balaban J connectivity index is 0.00000225. The van der Waals surface area contributed by atoms with Gasteiger partial charge in [-0.05, 0) is 26.8 Å². The highest BCUT2D eigenvalue weighted by molar-refractivity contribution is 5.85. The number of nitrogens with one attached hydrogen (secondary N) is 2. The first-order chi connectivity index (χ1) is 6.97. The van der Waals surface area contributed by atoms with Crippen LogP contribution in [0.2, 0.25) is 0 Å². The molecule has 1 aliphatic rings. The summed E-state index contributed by atoms with van der Waals surface area (Å²) >= 11 is 0. The van der Waals surface area contributed by atoms with Crippen molar-refractivity contribution in [2.24, 2.45) is 5.41 Å². The first kappa shape index (κ1) is 15.2. The summed E-state index contributed by atoms with van der Waals surface area (Å²) in [4.78, 5) is 22.8. The third kappa shape index (κ3) is 3.64. The van der Waals surface area contributed by atoms with E-state index in [2.05, 4.69) is 15.4 Å². The molecule has 0 aromatic rings. The van der Waals surface area contributed by atoms with Gasteiger partial charge in [0.05, 0.1) is 18.6 Å². The van der Waals surface area contributed by atoms with Gasteiger partial charge in [0.25, 0.3) is 0 Å². The predicted octanol–water partition coefficient (Wildman–Crippen LogP) is 0.0855. The lowest BCUT2D eigenvalue weighted by molar-refractivity contribution is -0.150. The monoisotopic (exact) mass is 250 g/mol. The van der Waals surface area contributed by atoms with Gasteiger partial charge >= 0.3 is 5.97 Å². The lowest BCUT2D eigenvalue weighted by atomic mass is 9.93. The minimum absolute atomic E-state index is 0. The molecule has 1 atom stereocenters. The molecule has 1 saturated heterocycles. The summed E-state index contributed by atoms with van der Waals surface area (Å²) < 4.78 is 4.64. The molecule has 0 aromatic heterocycles. The normalized spacial score (nSPS) is 19.1. The lowest BCUT2D eigenvalue weighted by Crippen LogP contribution is -2.54. The van der Waals surface area contributed by atoms with Crippen molar-refractivity contribution in [2.75, 3.05) is 20.2 Å². The van der Waals surface area contributed by atoms with Crippen molar-refractivity contribution in [1.82, 2.24) is 10.6 Å². The molecule has 5 nitrogen and oxygen atoms in total. The van der Waals surface area contributed by atoms with Crippen LogP contribution in [-0.4, -0.2) is 38.1 Å². The zero-order valence-electron chi connectivity index (χ0n) is 9.83. The third-order valence-electron chi connectivity index (χ3n) is 2.58. The van der Waals surface area contributed by atoms with Gasteiger partial charge in [0, 0.05) is 6.54 Å². The van der Waals surface area contributed by atoms with Crippen molar-refractivity contribution in [3.63, 3.8) is 0 Å². The topological polar surface area (TPSA) is 67.4 Å². The average molecular weight is 251 g/mol. The van der Waals surface area contributed by atoms with Gasteiger partial charge in [0.1, 0.15) is 0 Å². The number of hydrogen-bond donors (Lipinski definition) is 2. The summed E-state index contributed by atoms with van der Waals surface area (Å²) in [6, 6.07) is -0.0848. The van der Waals surface area contributed by atoms with Crippen molar-refractivity contribution < 1.29 is 14.3 Å². The highest BCUT2D eigenvalue weighted by Crippen LogP contribution is 2.15. The molecule has 0 bridgehead atoms. The van der Waals surface area contributed by atoms with Crippen LogP contribution in [0.5, 0.6) is 0 Å². The average Bonchev–Trinajstić information content (AvgIpc) is 2.11. The molecule has 0 aliphatic carbocycles. The molecule has 0 saturated carbocycles. The number of amides is 1. The van der Waals surface area contributed by atoms with E-state index in [1.54, 1.807) is 13.8 Å². The van der Waals surface area contributed by atoms with Crippen molar-refractivity contribution in [3.05, 3.63) is 0 Å². The quantitative estimate of drug-likeness (QED) is 0.694. The molecule has 1 aliphatic heterocycles. The van der Waals surface area contributed by atoms with Gasteiger partial charge in [-0.1, -0.05) is 0 Å². The molecule has 1 heterocycles. The molecule has 94 valence electrons. The molecule has 0 radical (unpaired) electrons. The Hall–Kier alpha value is -0.810. The van der Waals surface area contributed by atoms with Crippen LogP contribution >= 0.6 is 12.4 Å². The number of hydrogen-bond acceptors (Lipinski definition) is 4. The molecule has 1 fully saturated rings. The van der Waals surface area contributed by atoms with Crippen molar-refractivity contribution in [2.45, 2.75) is 26.3 Å². The maximum atomic E-state index is 11.5. The number of halogens is 1. The van der Waals surface area contributed by atoms with E-state index in [0.717, 1.165) is 13.0 Å². The van der Waals surface area contributed by atoms with Crippen molar-refractivity contribution in [1.29, 1.82) is 0 Å². The van der Waals surface area contributed by atoms with Crippen LogP contribution in [0.3, 0.4) is 0 Å². The molecule has 1 rings (SSSR count). The number of carbonyl (C=O) groups is 2. The Bertz CT molecular complexity index is 265. The fraction of sp³-hybridized carbons (Fsp3) is 0.800. The summed E-state index contributed by atoms with van der Waals surface area (Å²) in [7, 11) is 1.35. The van der Waals surface area contributed by atoms with Gasteiger partial charge in [-0.2, -0.15) is 0 Å². The first-order valence-corrected chi connectivity index (χ1v) is 5.07. The Morgan fingerprint density at radius 3 is 2.44 bits per heavy atom. The highest BCUT2D eigenvalue weighted by atomic mass is 35.5. The summed E-state index contributed by atoms with van der Waals surface area (Å²) in [5.74, 6) is -0.359. The molecular formula is C10H19ClN2O3. The minimum atomic E-state index is -0.672. The van der Waals surface area contributed by atoms with Crippen LogP contribution in [0.15, 0.2) is 0 Å².